The highest BCUT2D eigenvalue weighted by Crippen LogP contribution is 2.29. The Morgan fingerprint density at radius 2 is 1.97 bits per heavy atom. The molecule has 1 fully saturated rings. The molecule has 1 aromatic heterocycles. The molecule has 4 N–H and O–H groups in total. The molecule has 1 aromatic carbocycles. The van der Waals surface area contributed by atoms with Crippen LogP contribution in [0.5, 0.6) is 0 Å². The van der Waals surface area contributed by atoms with Gasteiger partial charge in [0.25, 0.3) is 5.91 Å². The first kappa shape index (κ1) is 23.5. The maximum absolute atomic E-state index is 12.3. The number of hydrogen-bond acceptors (Lipinski definition) is 6. The van der Waals surface area contributed by atoms with E-state index in [4.69, 9.17) is 9.90 Å². The van der Waals surface area contributed by atoms with Crippen LogP contribution in [0.4, 0.5) is 18.9 Å². The quantitative estimate of drug-likeness (QED) is 0.567. The molecule has 0 aliphatic carbocycles. The van der Waals surface area contributed by atoms with Gasteiger partial charge < -0.3 is 21.1 Å². The average Bonchev–Trinajstić information content (AvgIpc) is 3.13. The zero-order valence-corrected chi connectivity index (χ0v) is 17.4. The van der Waals surface area contributed by atoms with E-state index < -0.39 is 12.1 Å². The van der Waals surface area contributed by atoms with Crippen LogP contribution < -0.4 is 16.0 Å². The first-order valence-corrected chi connectivity index (χ1v) is 10.2. The van der Waals surface area contributed by atoms with Gasteiger partial charge in [-0.15, -0.1) is 0 Å². The van der Waals surface area contributed by atoms with Gasteiger partial charge in [0, 0.05) is 29.9 Å². The molecule has 0 bridgehead atoms. The van der Waals surface area contributed by atoms with E-state index in [1.165, 1.54) is 11.3 Å². The molecule has 1 unspecified atom stereocenters. The van der Waals surface area contributed by atoms with Crippen LogP contribution in [0.2, 0.25) is 0 Å². The highest BCUT2D eigenvalue weighted by atomic mass is 19.4. The number of carboxylic acid groups (broad SMARTS) is 1. The van der Waals surface area contributed by atoms with Crippen LogP contribution in [0.15, 0.2) is 30.6 Å². The number of hydrogen-bond donors (Lipinski definition) is 4. The summed E-state index contributed by atoms with van der Waals surface area (Å²) < 4.78 is 31.7. The van der Waals surface area contributed by atoms with Crippen molar-refractivity contribution in [2.45, 2.75) is 44.4 Å². The molecule has 32 heavy (non-hydrogen) atoms. The van der Waals surface area contributed by atoms with Crippen LogP contribution in [0.3, 0.4) is 0 Å². The minimum absolute atomic E-state index is 0.153. The topological polar surface area (TPSA) is 116 Å². The van der Waals surface area contributed by atoms with E-state index in [1.807, 2.05) is 6.07 Å². The fourth-order valence-corrected chi connectivity index (χ4v) is 3.54. The first-order chi connectivity index (χ1) is 15.1. The van der Waals surface area contributed by atoms with Gasteiger partial charge in [-0.05, 0) is 50.4 Å². The Bertz CT molecular complexity index is 960. The Hall–Kier alpha value is -3.21. The van der Waals surface area contributed by atoms with Crippen molar-refractivity contribution in [1.29, 1.82) is 0 Å². The van der Waals surface area contributed by atoms with Gasteiger partial charge in [-0.2, -0.15) is 13.2 Å². The number of fused-ring (bicyclic) bond motifs is 1. The van der Waals surface area contributed by atoms with Gasteiger partial charge in [0.05, 0.1) is 18.1 Å². The van der Waals surface area contributed by atoms with Crippen LogP contribution in [-0.4, -0.2) is 58.3 Å². The van der Waals surface area contributed by atoms with Gasteiger partial charge in [-0.25, -0.2) is 9.78 Å². The van der Waals surface area contributed by atoms with Crippen molar-refractivity contribution in [2.24, 2.45) is 0 Å². The maximum Gasteiger partial charge on any atom is 0.490 e. The number of anilines is 1. The summed E-state index contributed by atoms with van der Waals surface area (Å²) in [4.78, 5) is 30.0. The van der Waals surface area contributed by atoms with Crippen molar-refractivity contribution >= 4 is 17.6 Å². The monoisotopic (exact) mass is 451 g/mol. The number of halogens is 3. The summed E-state index contributed by atoms with van der Waals surface area (Å²) in [5.74, 6) is -2.91. The van der Waals surface area contributed by atoms with Gasteiger partial charge in [-0.3, -0.25) is 9.78 Å². The van der Waals surface area contributed by atoms with Crippen molar-refractivity contribution in [3.8, 4) is 11.3 Å². The summed E-state index contributed by atoms with van der Waals surface area (Å²) in [6.45, 7) is 4.02. The van der Waals surface area contributed by atoms with Gasteiger partial charge in [0.15, 0.2) is 0 Å². The average molecular weight is 451 g/mol. The zero-order valence-electron chi connectivity index (χ0n) is 17.4. The lowest BCUT2D eigenvalue weighted by atomic mass is 10.1. The first-order valence-electron chi connectivity index (χ1n) is 10.2. The molecule has 0 saturated carbocycles. The van der Waals surface area contributed by atoms with Crippen LogP contribution in [0.25, 0.3) is 11.3 Å². The lowest BCUT2D eigenvalue weighted by Crippen LogP contribution is -2.45. The van der Waals surface area contributed by atoms with E-state index in [0.717, 1.165) is 43.6 Å². The maximum atomic E-state index is 12.3. The number of aromatic nitrogens is 2. The fraction of sp³-hybridized carbons (Fsp3) is 0.429. The molecule has 3 heterocycles. The number of piperidine rings is 1. The number of nitrogens with one attached hydrogen (secondary N) is 3. The molecule has 172 valence electrons. The second kappa shape index (κ2) is 9.94. The molecule has 8 nitrogen and oxygen atoms in total. The third-order valence-electron chi connectivity index (χ3n) is 5.09. The van der Waals surface area contributed by atoms with Crippen LogP contribution in [-0.2, 0) is 11.2 Å². The van der Waals surface area contributed by atoms with Crippen molar-refractivity contribution in [3.63, 3.8) is 0 Å². The largest absolute Gasteiger partial charge is 0.490 e. The molecule has 0 radical (unpaired) electrons. The number of rotatable bonds is 3. The molecular weight excluding hydrogens is 427 g/mol. The van der Waals surface area contributed by atoms with Crippen LogP contribution in [0, 0.1) is 0 Å². The third kappa shape index (κ3) is 6.16. The lowest BCUT2D eigenvalue weighted by molar-refractivity contribution is -0.192. The molecule has 2 aliphatic rings. The minimum atomic E-state index is -5.08. The van der Waals surface area contributed by atoms with E-state index in [-0.39, 0.29) is 11.9 Å². The summed E-state index contributed by atoms with van der Waals surface area (Å²) in [7, 11) is 0. The molecule has 11 heteroatoms. The van der Waals surface area contributed by atoms with Gasteiger partial charge in [0.1, 0.15) is 5.69 Å². The molecule has 0 spiro atoms. The Morgan fingerprint density at radius 3 is 2.56 bits per heavy atom. The highest BCUT2D eigenvalue weighted by Gasteiger charge is 2.38. The predicted molar refractivity (Wildman–Crippen MR) is 111 cm³/mol. The SMILES string of the molecule is C[C@@H]1Cc2cc(-c3cnc(C(=O)NC4CCCNC4)cn3)ccc2N1.O=C(O)C(F)(F)F. The fourth-order valence-electron chi connectivity index (χ4n) is 3.54. The summed E-state index contributed by atoms with van der Waals surface area (Å²) >= 11 is 0. The number of aliphatic carboxylic acids is 1. The second-order valence-corrected chi connectivity index (χ2v) is 7.73. The summed E-state index contributed by atoms with van der Waals surface area (Å²) in [5.41, 5.74) is 4.69. The van der Waals surface area contributed by atoms with Crippen molar-refractivity contribution < 1.29 is 27.9 Å². The number of benzene rings is 1. The number of alkyl halides is 3. The lowest BCUT2D eigenvalue weighted by Gasteiger charge is -2.23. The molecule has 2 atom stereocenters. The van der Waals surface area contributed by atoms with Gasteiger partial charge in [-0.1, -0.05) is 6.07 Å². The smallest absolute Gasteiger partial charge is 0.475 e. The van der Waals surface area contributed by atoms with E-state index in [9.17, 15) is 18.0 Å². The number of carboxylic acids is 1. The van der Waals surface area contributed by atoms with Gasteiger partial charge in [0.2, 0.25) is 0 Å². The van der Waals surface area contributed by atoms with Crippen molar-refractivity contribution in [2.75, 3.05) is 18.4 Å². The summed E-state index contributed by atoms with van der Waals surface area (Å²) in [5, 5.41) is 16.9. The zero-order chi connectivity index (χ0) is 23.3. The molecular formula is C21H24F3N5O3. The molecule has 1 amide bonds. The number of carbonyl (C=O) groups is 2. The highest BCUT2D eigenvalue weighted by molar-refractivity contribution is 5.92. The Balaban J connectivity index is 0.000000360. The van der Waals surface area contributed by atoms with Crippen molar-refractivity contribution in [1.82, 2.24) is 20.6 Å². The van der Waals surface area contributed by atoms with E-state index in [0.29, 0.717) is 11.7 Å². The number of amides is 1. The van der Waals surface area contributed by atoms with Gasteiger partial charge >= 0.3 is 12.1 Å². The standard InChI is InChI=1S/C19H23N5O.C2HF3O2/c1-12-7-14-8-13(4-5-16(14)23-12)17-10-22-18(11-21-17)19(25)24-15-3-2-6-20-9-15;3-2(4,5)1(6)7/h4-5,8,10-12,15,20,23H,2-3,6-7,9H2,1H3,(H,24,25);(H,6,7)/t12-,15?;/m1./s1. The summed E-state index contributed by atoms with van der Waals surface area (Å²) in [6.07, 6.45) is 1.27. The Kier molecular flexibility index (Phi) is 7.29. The Morgan fingerprint density at radius 1 is 1.22 bits per heavy atom. The van der Waals surface area contributed by atoms with Crippen LogP contribution >= 0.6 is 0 Å². The Labute approximate surface area is 182 Å². The normalized spacial score (nSPS) is 19.8. The second-order valence-electron chi connectivity index (χ2n) is 7.73. The summed E-state index contributed by atoms with van der Waals surface area (Å²) in [6, 6.07) is 6.93. The van der Waals surface area contributed by atoms with Crippen LogP contribution in [0.1, 0.15) is 35.8 Å². The molecule has 2 aliphatic heterocycles. The minimum Gasteiger partial charge on any atom is -0.475 e. The molecule has 1 saturated heterocycles. The third-order valence-corrected chi connectivity index (χ3v) is 5.09. The number of carbonyl (C=O) groups excluding carboxylic acids is 1. The molecule has 4 rings (SSSR count). The van der Waals surface area contributed by atoms with Crippen molar-refractivity contribution in [3.05, 3.63) is 41.9 Å². The number of nitrogens with zero attached hydrogens (tertiary/aromatic N) is 2. The van der Waals surface area contributed by atoms with E-state index >= 15 is 0 Å². The van der Waals surface area contributed by atoms with E-state index in [2.05, 4.69) is 45.0 Å². The van der Waals surface area contributed by atoms with E-state index in [1.54, 1.807) is 12.4 Å². The molecule has 2 aromatic rings. The predicted octanol–water partition coefficient (Wildman–Crippen LogP) is 2.62.